The van der Waals surface area contributed by atoms with Gasteiger partial charge in [-0.1, -0.05) is 23.7 Å². The van der Waals surface area contributed by atoms with Crippen LogP contribution in [0.2, 0.25) is 5.02 Å². The highest BCUT2D eigenvalue weighted by Crippen LogP contribution is 2.20. The molecule has 146 valence electrons. The molecule has 0 aliphatic carbocycles. The molecule has 0 aliphatic rings. The number of nitrogens with zero attached hydrogens (tertiary/aromatic N) is 1. The van der Waals surface area contributed by atoms with Crippen molar-refractivity contribution in [1.29, 1.82) is 0 Å². The van der Waals surface area contributed by atoms with Gasteiger partial charge in [0.1, 0.15) is 17.2 Å². The van der Waals surface area contributed by atoms with Gasteiger partial charge in [0, 0.05) is 11.6 Å². The van der Waals surface area contributed by atoms with Gasteiger partial charge in [-0.2, -0.15) is 5.10 Å². The number of amides is 1. The Hall–Kier alpha value is -3.84. The number of ether oxygens (including phenoxy) is 1. The van der Waals surface area contributed by atoms with E-state index in [1.54, 1.807) is 48.5 Å². The fourth-order valence-corrected chi connectivity index (χ4v) is 2.58. The lowest BCUT2D eigenvalue weighted by Crippen LogP contribution is -2.17. The molecule has 0 atom stereocenters. The molecule has 1 amide bonds. The van der Waals surface area contributed by atoms with Crippen molar-refractivity contribution in [2.24, 2.45) is 5.10 Å². The minimum absolute atomic E-state index is 0.0569. The monoisotopic (exact) mass is 410 g/mol. The standard InChI is InChI=1S/C21H15ClN2O5/c22-19-4-2-1-3-18(19)21(28)29-17-7-5-13(6-8-17)12-23-24-20(27)14-9-15(25)11-16(26)10-14/h1-12,25-26H,(H,24,27)/b23-12+. The molecule has 7 nitrogen and oxygen atoms in total. The van der Waals surface area contributed by atoms with Crippen LogP contribution in [0.15, 0.2) is 71.8 Å². The van der Waals surface area contributed by atoms with Gasteiger partial charge in [-0.3, -0.25) is 4.79 Å². The second kappa shape index (κ2) is 8.90. The molecule has 0 bridgehead atoms. The lowest BCUT2D eigenvalue weighted by Gasteiger charge is -2.06. The minimum Gasteiger partial charge on any atom is -0.508 e. The summed E-state index contributed by atoms with van der Waals surface area (Å²) in [5, 5.41) is 22.9. The van der Waals surface area contributed by atoms with Crippen LogP contribution >= 0.6 is 11.6 Å². The Balaban J connectivity index is 1.59. The summed E-state index contributed by atoms with van der Waals surface area (Å²) in [6.45, 7) is 0. The minimum atomic E-state index is -0.599. The van der Waals surface area contributed by atoms with Crippen molar-refractivity contribution in [2.75, 3.05) is 0 Å². The first-order valence-electron chi connectivity index (χ1n) is 8.35. The zero-order chi connectivity index (χ0) is 20.8. The molecule has 3 aromatic rings. The van der Waals surface area contributed by atoms with Gasteiger partial charge >= 0.3 is 5.97 Å². The molecule has 29 heavy (non-hydrogen) atoms. The van der Waals surface area contributed by atoms with E-state index in [1.807, 2.05) is 0 Å². The Bertz CT molecular complexity index is 1060. The summed E-state index contributed by atoms with van der Waals surface area (Å²) < 4.78 is 5.27. The third kappa shape index (κ3) is 5.33. The smallest absolute Gasteiger partial charge is 0.345 e. The molecular weight excluding hydrogens is 396 g/mol. The number of phenolic OH excluding ortho intramolecular Hbond substituents is 2. The van der Waals surface area contributed by atoms with Crippen molar-refractivity contribution in [3.63, 3.8) is 0 Å². The van der Waals surface area contributed by atoms with Crippen LogP contribution in [0.3, 0.4) is 0 Å². The molecule has 0 fully saturated rings. The quantitative estimate of drug-likeness (QED) is 0.257. The van der Waals surface area contributed by atoms with E-state index in [1.165, 1.54) is 18.3 Å². The molecule has 3 aromatic carbocycles. The first-order chi connectivity index (χ1) is 13.9. The number of carbonyl (C=O) groups is 2. The summed E-state index contributed by atoms with van der Waals surface area (Å²) in [6, 6.07) is 16.5. The highest BCUT2D eigenvalue weighted by Gasteiger charge is 2.12. The summed E-state index contributed by atoms with van der Waals surface area (Å²) in [5.74, 6) is -1.31. The van der Waals surface area contributed by atoms with Crippen molar-refractivity contribution in [2.45, 2.75) is 0 Å². The lowest BCUT2D eigenvalue weighted by atomic mass is 10.2. The van der Waals surface area contributed by atoms with Crippen molar-refractivity contribution in [1.82, 2.24) is 5.43 Å². The van der Waals surface area contributed by atoms with Crippen LogP contribution in [0.5, 0.6) is 17.2 Å². The van der Waals surface area contributed by atoms with Gasteiger partial charge < -0.3 is 14.9 Å². The number of halogens is 1. The van der Waals surface area contributed by atoms with Gasteiger partial charge in [-0.15, -0.1) is 0 Å². The lowest BCUT2D eigenvalue weighted by molar-refractivity contribution is 0.0734. The zero-order valence-corrected chi connectivity index (χ0v) is 15.6. The average Bonchev–Trinajstić information content (AvgIpc) is 2.68. The van der Waals surface area contributed by atoms with Gasteiger partial charge in [-0.25, -0.2) is 10.2 Å². The number of phenols is 2. The first-order valence-corrected chi connectivity index (χ1v) is 8.73. The maximum Gasteiger partial charge on any atom is 0.345 e. The summed E-state index contributed by atoms with van der Waals surface area (Å²) in [6.07, 6.45) is 1.39. The second-order valence-corrected chi connectivity index (χ2v) is 6.28. The number of hydrogen-bond donors (Lipinski definition) is 3. The number of hydrazone groups is 1. The average molecular weight is 411 g/mol. The molecule has 8 heteroatoms. The molecule has 0 saturated carbocycles. The molecule has 3 rings (SSSR count). The van der Waals surface area contributed by atoms with Gasteiger partial charge in [-0.05, 0) is 54.1 Å². The van der Waals surface area contributed by atoms with E-state index in [9.17, 15) is 19.8 Å². The fourth-order valence-electron chi connectivity index (χ4n) is 2.37. The SMILES string of the molecule is O=C(N/N=C/c1ccc(OC(=O)c2ccccc2Cl)cc1)c1cc(O)cc(O)c1. The maximum absolute atomic E-state index is 12.1. The molecule has 0 heterocycles. The van der Waals surface area contributed by atoms with Gasteiger partial charge in [0.05, 0.1) is 16.8 Å². The highest BCUT2D eigenvalue weighted by atomic mass is 35.5. The topological polar surface area (TPSA) is 108 Å². The number of hydrogen-bond acceptors (Lipinski definition) is 6. The summed E-state index contributed by atoms with van der Waals surface area (Å²) in [7, 11) is 0. The van der Waals surface area contributed by atoms with Crippen molar-refractivity contribution in [3.8, 4) is 17.2 Å². The van der Waals surface area contributed by atoms with Crippen LogP contribution in [0.1, 0.15) is 26.3 Å². The number of aromatic hydroxyl groups is 2. The van der Waals surface area contributed by atoms with E-state index >= 15 is 0 Å². The Morgan fingerprint density at radius 1 is 0.966 bits per heavy atom. The molecule has 3 N–H and O–H groups in total. The van der Waals surface area contributed by atoms with E-state index in [0.717, 1.165) is 6.07 Å². The summed E-state index contributed by atoms with van der Waals surface area (Å²) in [5.41, 5.74) is 3.25. The Labute approximate surface area is 170 Å². The first kappa shape index (κ1) is 19.9. The maximum atomic E-state index is 12.1. The number of benzene rings is 3. The van der Waals surface area contributed by atoms with Crippen LogP contribution in [0, 0.1) is 0 Å². The Kier molecular flexibility index (Phi) is 6.11. The molecule has 0 saturated heterocycles. The van der Waals surface area contributed by atoms with Crippen molar-refractivity contribution in [3.05, 3.63) is 88.4 Å². The zero-order valence-electron chi connectivity index (χ0n) is 14.9. The predicted octanol–water partition coefficient (Wildman–Crippen LogP) is 3.73. The number of rotatable bonds is 5. The van der Waals surface area contributed by atoms with E-state index in [2.05, 4.69) is 10.5 Å². The van der Waals surface area contributed by atoms with Crippen molar-refractivity contribution < 1.29 is 24.5 Å². The van der Waals surface area contributed by atoms with E-state index in [-0.39, 0.29) is 22.6 Å². The van der Waals surface area contributed by atoms with Gasteiger partial charge in [0.25, 0.3) is 5.91 Å². The number of carbonyl (C=O) groups excluding carboxylic acids is 2. The normalized spacial score (nSPS) is 10.7. The molecular formula is C21H15ClN2O5. The summed E-state index contributed by atoms with van der Waals surface area (Å²) >= 11 is 5.97. The van der Waals surface area contributed by atoms with Crippen LogP contribution in [-0.2, 0) is 0 Å². The highest BCUT2D eigenvalue weighted by molar-refractivity contribution is 6.33. The van der Waals surface area contributed by atoms with E-state index in [0.29, 0.717) is 16.3 Å². The molecule has 0 radical (unpaired) electrons. The number of esters is 1. The fraction of sp³-hybridized carbons (Fsp3) is 0. The number of nitrogens with one attached hydrogen (secondary N) is 1. The Morgan fingerprint density at radius 3 is 2.28 bits per heavy atom. The predicted molar refractivity (Wildman–Crippen MR) is 108 cm³/mol. The molecule has 0 spiro atoms. The van der Waals surface area contributed by atoms with Gasteiger partial charge in [0.15, 0.2) is 0 Å². The van der Waals surface area contributed by atoms with E-state index < -0.39 is 11.9 Å². The van der Waals surface area contributed by atoms with Crippen LogP contribution in [-0.4, -0.2) is 28.3 Å². The molecule has 0 aliphatic heterocycles. The largest absolute Gasteiger partial charge is 0.508 e. The summed E-state index contributed by atoms with van der Waals surface area (Å²) in [4.78, 5) is 24.1. The van der Waals surface area contributed by atoms with Crippen LogP contribution in [0.25, 0.3) is 0 Å². The van der Waals surface area contributed by atoms with Gasteiger partial charge in [0.2, 0.25) is 0 Å². The third-order valence-electron chi connectivity index (χ3n) is 3.73. The van der Waals surface area contributed by atoms with Crippen LogP contribution in [0.4, 0.5) is 0 Å². The molecule has 0 aromatic heterocycles. The van der Waals surface area contributed by atoms with E-state index in [4.69, 9.17) is 16.3 Å². The van der Waals surface area contributed by atoms with Crippen LogP contribution < -0.4 is 10.2 Å². The molecule has 0 unspecified atom stereocenters. The third-order valence-corrected chi connectivity index (χ3v) is 4.06. The van der Waals surface area contributed by atoms with Crippen molar-refractivity contribution >= 4 is 29.7 Å². The Morgan fingerprint density at radius 2 is 1.62 bits per heavy atom. The second-order valence-electron chi connectivity index (χ2n) is 5.88.